The Bertz CT molecular complexity index is 1140. The first-order valence-corrected chi connectivity index (χ1v) is 9.63. The second kappa shape index (κ2) is 7.03. The Morgan fingerprint density at radius 2 is 1.44 bits per heavy atom. The van der Waals surface area contributed by atoms with Crippen LogP contribution in [0.25, 0.3) is 32.3 Å². The van der Waals surface area contributed by atoms with E-state index in [9.17, 15) is 4.79 Å². The molecule has 0 spiro atoms. The second-order valence-electron chi connectivity index (χ2n) is 7.32. The molecule has 2 nitrogen and oxygen atoms in total. The molecule has 0 N–H and O–H groups in total. The molecule has 2 unspecified atom stereocenters. The average molecular weight is 356 g/mol. The molecule has 4 rings (SSSR count). The maximum atomic E-state index is 12.1. The van der Waals surface area contributed by atoms with Gasteiger partial charge in [0, 0.05) is 0 Å². The molecule has 0 saturated heterocycles. The topological polar surface area (TPSA) is 26.3 Å². The lowest BCUT2D eigenvalue weighted by Gasteiger charge is -2.17. The van der Waals surface area contributed by atoms with E-state index in [1.165, 1.54) is 32.3 Å². The smallest absolute Gasteiger partial charge is 0.309 e. The minimum Gasteiger partial charge on any atom is -0.458 e. The predicted octanol–water partition coefficient (Wildman–Crippen LogP) is 6.80. The lowest BCUT2D eigenvalue weighted by atomic mass is 9.95. The van der Waals surface area contributed by atoms with E-state index in [0.29, 0.717) is 0 Å². The highest BCUT2D eigenvalue weighted by Crippen LogP contribution is 2.33. The summed E-state index contributed by atoms with van der Waals surface area (Å²) >= 11 is 0. The van der Waals surface area contributed by atoms with Crippen LogP contribution in [0, 0.1) is 5.92 Å². The van der Waals surface area contributed by atoms with Crippen molar-refractivity contribution in [2.45, 2.75) is 33.3 Å². The van der Waals surface area contributed by atoms with Crippen molar-refractivity contribution >= 4 is 38.3 Å². The van der Waals surface area contributed by atoms with E-state index in [2.05, 4.69) is 66.7 Å². The molecule has 27 heavy (non-hydrogen) atoms. The summed E-state index contributed by atoms with van der Waals surface area (Å²) in [5.41, 5.74) is 1.03. The molecule has 2 atom stereocenters. The van der Waals surface area contributed by atoms with Gasteiger partial charge in [-0.25, -0.2) is 0 Å². The molecule has 4 aromatic carbocycles. The van der Waals surface area contributed by atoms with Crippen LogP contribution in [0.1, 0.15) is 38.9 Å². The first kappa shape index (κ1) is 17.5. The summed E-state index contributed by atoms with van der Waals surface area (Å²) in [5, 5.41) is 7.44. The summed E-state index contributed by atoms with van der Waals surface area (Å²) in [7, 11) is 0. The first-order chi connectivity index (χ1) is 13.1. The molecular weight excluding hydrogens is 332 g/mol. The number of hydrogen-bond acceptors (Lipinski definition) is 2. The summed E-state index contributed by atoms with van der Waals surface area (Å²) in [6.07, 6.45) is 0.548. The molecule has 4 aromatic rings. The molecule has 0 aromatic heterocycles. The highest BCUT2D eigenvalue weighted by Gasteiger charge is 2.17. The van der Waals surface area contributed by atoms with E-state index in [1.807, 2.05) is 20.8 Å². The van der Waals surface area contributed by atoms with E-state index < -0.39 is 0 Å². The summed E-state index contributed by atoms with van der Waals surface area (Å²) < 4.78 is 5.64. The molecule has 0 bridgehead atoms. The van der Waals surface area contributed by atoms with Gasteiger partial charge in [-0.3, -0.25) is 4.79 Å². The molecule has 0 heterocycles. The van der Waals surface area contributed by atoms with Gasteiger partial charge in [0.15, 0.2) is 0 Å². The lowest BCUT2D eigenvalue weighted by molar-refractivity contribution is -0.153. The van der Waals surface area contributed by atoms with Crippen LogP contribution in [0.2, 0.25) is 0 Å². The van der Waals surface area contributed by atoms with Crippen LogP contribution in [0.15, 0.2) is 66.7 Å². The fraction of sp³-hybridized carbons (Fsp3) is 0.240. The van der Waals surface area contributed by atoms with Crippen LogP contribution in [0.5, 0.6) is 0 Å². The summed E-state index contributed by atoms with van der Waals surface area (Å²) in [6.45, 7) is 5.85. The largest absolute Gasteiger partial charge is 0.458 e. The van der Waals surface area contributed by atoms with Crippen LogP contribution in [-0.2, 0) is 9.53 Å². The van der Waals surface area contributed by atoms with Gasteiger partial charge in [0.25, 0.3) is 0 Å². The van der Waals surface area contributed by atoms with Gasteiger partial charge in [-0.1, -0.05) is 74.5 Å². The van der Waals surface area contributed by atoms with Crippen molar-refractivity contribution in [3.63, 3.8) is 0 Å². The van der Waals surface area contributed by atoms with Crippen molar-refractivity contribution in [3.05, 3.63) is 72.3 Å². The highest BCUT2D eigenvalue weighted by atomic mass is 16.5. The van der Waals surface area contributed by atoms with E-state index >= 15 is 0 Å². The Kier molecular flexibility index (Phi) is 4.57. The third-order valence-corrected chi connectivity index (χ3v) is 5.54. The van der Waals surface area contributed by atoms with Crippen molar-refractivity contribution in [1.82, 2.24) is 0 Å². The Balaban J connectivity index is 1.76. The zero-order valence-electron chi connectivity index (χ0n) is 16.0. The SMILES string of the molecule is CCC(C)C(=O)OC(C)c1ccc2c(ccc3c4ccccc4ccc23)c1. The number of fused-ring (bicyclic) bond motifs is 5. The minimum atomic E-state index is -0.247. The van der Waals surface area contributed by atoms with Crippen LogP contribution in [-0.4, -0.2) is 5.97 Å². The van der Waals surface area contributed by atoms with Crippen LogP contribution in [0.3, 0.4) is 0 Å². The summed E-state index contributed by atoms with van der Waals surface area (Å²) in [6, 6.07) is 23.6. The number of carbonyl (C=O) groups is 1. The van der Waals surface area contributed by atoms with Crippen molar-refractivity contribution in [2.24, 2.45) is 5.92 Å². The van der Waals surface area contributed by atoms with Crippen LogP contribution < -0.4 is 0 Å². The van der Waals surface area contributed by atoms with Crippen LogP contribution >= 0.6 is 0 Å². The van der Waals surface area contributed by atoms with Crippen molar-refractivity contribution in [3.8, 4) is 0 Å². The average Bonchev–Trinajstić information content (AvgIpc) is 2.71. The highest BCUT2D eigenvalue weighted by molar-refractivity contribution is 6.17. The number of esters is 1. The Hall–Kier alpha value is -2.87. The fourth-order valence-electron chi connectivity index (χ4n) is 3.63. The monoisotopic (exact) mass is 356 g/mol. The fourth-order valence-corrected chi connectivity index (χ4v) is 3.63. The van der Waals surface area contributed by atoms with Gasteiger partial charge in [0.1, 0.15) is 6.10 Å². The molecule has 0 aliphatic heterocycles. The maximum Gasteiger partial charge on any atom is 0.309 e. The first-order valence-electron chi connectivity index (χ1n) is 9.63. The van der Waals surface area contributed by atoms with Crippen molar-refractivity contribution in [1.29, 1.82) is 0 Å². The molecule has 136 valence electrons. The van der Waals surface area contributed by atoms with Crippen molar-refractivity contribution in [2.75, 3.05) is 0 Å². The van der Waals surface area contributed by atoms with Gasteiger partial charge < -0.3 is 4.74 Å². The summed E-state index contributed by atoms with van der Waals surface area (Å²) in [5.74, 6) is -0.194. The Labute approximate surface area is 159 Å². The van der Waals surface area contributed by atoms with Crippen molar-refractivity contribution < 1.29 is 9.53 Å². The van der Waals surface area contributed by atoms with E-state index in [0.717, 1.165) is 12.0 Å². The molecule has 0 aliphatic rings. The predicted molar refractivity (Wildman–Crippen MR) is 113 cm³/mol. The van der Waals surface area contributed by atoms with Gasteiger partial charge >= 0.3 is 5.97 Å². The Morgan fingerprint density at radius 3 is 2.19 bits per heavy atom. The molecule has 0 aliphatic carbocycles. The van der Waals surface area contributed by atoms with E-state index in [-0.39, 0.29) is 18.0 Å². The Morgan fingerprint density at radius 1 is 0.815 bits per heavy atom. The zero-order chi connectivity index (χ0) is 19.0. The van der Waals surface area contributed by atoms with Gasteiger partial charge in [-0.05, 0) is 57.3 Å². The number of carbonyl (C=O) groups excluding carboxylic acids is 1. The van der Waals surface area contributed by atoms with Gasteiger partial charge in [0.05, 0.1) is 5.92 Å². The second-order valence-corrected chi connectivity index (χ2v) is 7.32. The third-order valence-electron chi connectivity index (χ3n) is 5.54. The van der Waals surface area contributed by atoms with E-state index in [4.69, 9.17) is 4.74 Å². The van der Waals surface area contributed by atoms with Gasteiger partial charge in [0.2, 0.25) is 0 Å². The molecule has 0 radical (unpaired) electrons. The number of rotatable bonds is 4. The van der Waals surface area contributed by atoms with E-state index in [1.54, 1.807) is 0 Å². The number of ether oxygens (including phenoxy) is 1. The third kappa shape index (κ3) is 3.16. The molecular formula is C25H24O2. The zero-order valence-corrected chi connectivity index (χ0v) is 16.0. The minimum absolute atomic E-state index is 0.0647. The molecule has 2 heteroatoms. The summed E-state index contributed by atoms with van der Waals surface area (Å²) in [4.78, 5) is 12.1. The van der Waals surface area contributed by atoms with Gasteiger partial charge in [-0.2, -0.15) is 0 Å². The molecule has 0 fully saturated rings. The van der Waals surface area contributed by atoms with Gasteiger partial charge in [-0.15, -0.1) is 0 Å². The molecule has 0 amide bonds. The standard InChI is InChI=1S/C25H24O2/c1-4-16(2)25(26)27-17(3)19-10-12-22-20(15-19)11-14-23-21-8-6-5-7-18(21)9-13-24(22)23/h5-17H,4H2,1-3H3. The number of hydrogen-bond donors (Lipinski definition) is 0. The number of benzene rings is 4. The van der Waals surface area contributed by atoms with Crippen LogP contribution in [0.4, 0.5) is 0 Å². The lowest BCUT2D eigenvalue weighted by Crippen LogP contribution is -2.16. The normalized spacial score (nSPS) is 13.7. The maximum absolute atomic E-state index is 12.1. The quantitative estimate of drug-likeness (QED) is 0.297. The molecule has 0 saturated carbocycles.